The molecular weight excluding hydrogens is 365 g/mol. The zero-order chi connectivity index (χ0) is 13.4. The summed E-state index contributed by atoms with van der Waals surface area (Å²) in [4.78, 5) is 4.76. The molecule has 4 rings (SSSR count). The van der Waals surface area contributed by atoms with Crippen molar-refractivity contribution < 1.29 is 17.4 Å². The average Bonchev–Trinajstić information content (AvgIpc) is 2.91. The number of hydrogen-bond acceptors (Lipinski definition) is 1. The summed E-state index contributed by atoms with van der Waals surface area (Å²) < 4.78 is 0. The average molecular weight is 381 g/mol. The second-order valence-corrected chi connectivity index (χ2v) is 5.12. The predicted octanol–water partition coefficient (Wildman–Crippen LogP) is 5.54. The summed E-state index contributed by atoms with van der Waals surface area (Å²) in [6.07, 6.45) is 0.887. The predicted molar refractivity (Wildman–Crippen MR) is 98.6 cm³/mol. The minimum absolute atomic E-state index is 0. The van der Waals surface area contributed by atoms with Gasteiger partial charge in [0.2, 0.25) is 0 Å². The van der Waals surface area contributed by atoms with Crippen molar-refractivity contribution in [2.45, 2.75) is 6.42 Å². The second kappa shape index (κ2) is 8.43. The van der Waals surface area contributed by atoms with Crippen LogP contribution in [0.25, 0.3) is 21.7 Å². The molecule has 3 aromatic carbocycles. The smallest absolute Gasteiger partial charge is 0.0705 e. The van der Waals surface area contributed by atoms with E-state index in [4.69, 9.17) is 4.98 Å². The van der Waals surface area contributed by atoms with Crippen LogP contribution in [0, 0.1) is 0 Å². The topological polar surface area (TPSA) is 12.9 Å². The number of nitrogens with zero attached hydrogens (tertiary/aromatic N) is 1. The molecule has 0 radical (unpaired) electrons. The quantitative estimate of drug-likeness (QED) is 0.416. The van der Waals surface area contributed by atoms with E-state index in [1.165, 1.54) is 21.7 Å². The first kappa shape index (κ1) is 19.6. The molecule has 0 aliphatic rings. The molecule has 1 aromatic heterocycles. The molecule has 0 aliphatic carbocycles. The third-order valence-electron chi connectivity index (χ3n) is 3.80. The van der Waals surface area contributed by atoms with Crippen molar-refractivity contribution in [2.24, 2.45) is 0 Å². The van der Waals surface area contributed by atoms with E-state index in [1.54, 1.807) is 0 Å². The van der Waals surface area contributed by atoms with Crippen molar-refractivity contribution >= 4 is 46.5 Å². The molecule has 0 saturated heterocycles. The van der Waals surface area contributed by atoms with Gasteiger partial charge >= 0.3 is 0 Å². The summed E-state index contributed by atoms with van der Waals surface area (Å²) >= 11 is 0. The molecule has 4 aromatic rings. The van der Waals surface area contributed by atoms with E-state index in [0.29, 0.717) is 0 Å². The maximum atomic E-state index is 4.76. The first-order valence-electron chi connectivity index (χ1n) is 6.88. The van der Waals surface area contributed by atoms with E-state index in [9.17, 15) is 0 Å². The number of benzene rings is 2. The maximum absolute atomic E-state index is 4.76. The van der Waals surface area contributed by atoms with Crippen LogP contribution in [0.1, 0.15) is 11.3 Å². The Balaban J connectivity index is 0.000000882. The zero-order valence-electron chi connectivity index (χ0n) is 12.3. The number of aromatic nitrogens is 1. The molecule has 0 fully saturated rings. The molecule has 0 N–H and O–H groups in total. The van der Waals surface area contributed by atoms with Crippen LogP contribution in [0.15, 0.2) is 72.8 Å². The number of fused-ring (bicyclic) bond motifs is 2. The Bertz CT molecular complexity index is 902. The van der Waals surface area contributed by atoms with E-state index >= 15 is 0 Å². The first-order valence-corrected chi connectivity index (χ1v) is 6.88. The number of rotatable bonds is 2. The Morgan fingerprint density at radius 2 is 1.43 bits per heavy atom. The number of halogens is 2. The fourth-order valence-corrected chi connectivity index (χ4v) is 2.77. The maximum Gasteiger partial charge on any atom is 0.0705 e. The molecule has 0 saturated carbocycles. The molecule has 0 spiro atoms. The van der Waals surface area contributed by atoms with Crippen molar-refractivity contribution in [1.82, 2.24) is 4.98 Å². The number of pyridine rings is 1. The molecule has 1 nitrogen and oxygen atoms in total. The molecule has 0 bridgehead atoms. The van der Waals surface area contributed by atoms with Gasteiger partial charge in [-0.3, -0.25) is 4.98 Å². The van der Waals surface area contributed by atoms with Gasteiger partial charge in [-0.05, 0) is 18.6 Å². The van der Waals surface area contributed by atoms with Gasteiger partial charge in [-0.15, -0.1) is 65.4 Å². The minimum atomic E-state index is 0. The largest absolute Gasteiger partial charge is 0.253 e. The van der Waals surface area contributed by atoms with Gasteiger partial charge < -0.3 is 0 Å². The summed E-state index contributed by atoms with van der Waals surface area (Å²) in [7, 11) is 0. The summed E-state index contributed by atoms with van der Waals surface area (Å²) in [6, 6.07) is 25.5. The summed E-state index contributed by atoms with van der Waals surface area (Å²) in [5.41, 5.74) is 3.55. The van der Waals surface area contributed by atoms with Crippen molar-refractivity contribution in [3.05, 3.63) is 84.1 Å². The Labute approximate surface area is 159 Å². The van der Waals surface area contributed by atoms with Crippen LogP contribution in [-0.2, 0) is 23.8 Å². The molecule has 0 atom stereocenters. The van der Waals surface area contributed by atoms with Gasteiger partial charge in [0, 0.05) is 28.4 Å². The van der Waals surface area contributed by atoms with Gasteiger partial charge in [0.15, 0.2) is 0 Å². The third kappa shape index (κ3) is 3.92. The monoisotopic (exact) mass is 380 g/mol. The second-order valence-electron chi connectivity index (χ2n) is 5.12. The van der Waals surface area contributed by atoms with Crippen LogP contribution in [-0.4, -0.2) is 4.98 Å². The SMILES string of the molecule is Cl.Cl.[Cr].c1ccc2nc(C[c-]3ccc4ccccc43)ccc2c1. The molecule has 118 valence electrons. The standard InChI is InChI=1S/C19H14N.2ClH.Cr/c1-3-7-18-14(5-1)9-10-16(18)13-17-12-11-15-6-2-4-8-19(15)20-17;;;/h1-12H,13H2;2*1H;/q-1;;;. The Morgan fingerprint density at radius 3 is 2.26 bits per heavy atom. The van der Waals surface area contributed by atoms with E-state index < -0.39 is 0 Å². The van der Waals surface area contributed by atoms with Gasteiger partial charge in [0.05, 0.1) is 5.52 Å². The fraction of sp³-hybridized carbons (Fsp3) is 0.0526. The molecular formula is C19H16Cl2CrN-. The molecule has 0 amide bonds. The molecule has 0 aliphatic heterocycles. The fourth-order valence-electron chi connectivity index (χ4n) is 2.77. The molecule has 4 heteroatoms. The van der Waals surface area contributed by atoms with Gasteiger partial charge in [0.25, 0.3) is 0 Å². The van der Waals surface area contributed by atoms with Gasteiger partial charge in [-0.25, -0.2) is 0 Å². The number of hydrogen-bond donors (Lipinski definition) is 0. The molecule has 23 heavy (non-hydrogen) atoms. The van der Waals surface area contributed by atoms with Crippen molar-refractivity contribution in [3.8, 4) is 0 Å². The first-order chi connectivity index (χ1) is 9.90. The van der Waals surface area contributed by atoms with E-state index in [0.717, 1.165) is 17.6 Å². The van der Waals surface area contributed by atoms with Crippen LogP contribution in [0.5, 0.6) is 0 Å². The summed E-state index contributed by atoms with van der Waals surface area (Å²) in [5, 5.41) is 3.84. The van der Waals surface area contributed by atoms with Crippen LogP contribution in [0.2, 0.25) is 0 Å². The molecule has 1 heterocycles. The van der Waals surface area contributed by atoms with Crippen molar-refractivity contribution in [2.75, 3.05) is 0 Å². The van der Waals surface area contributed by atoms with Gasteiger partial charge in [-0.1, -0.05) is 30.3 Å². The Hall–Kier alpha value is -1.43. The molecule has 0 unspecified atom stereocenters. The van der Waals surface area contributed by atoms with E-state index in [2.05, 4.69) is 60.7 Å². The van der Waals surface area contributed by atoms with Gasteiger partial charge in [-0.2, -0.15) is 6.07 Å². The summed E-state index contributed by atoms with van der Waals surface area (Å²) in [6.45, 7) is 0. The third-order valence-corrected chi connectivity index (χ3v) is 3.80. The summed E-state index contributed by atoms with van der Waals surface area (Å²) in [5.74, 6) is 0. The van der Waals surface area contributed by atoms with E-state index in [1.807, 2.05) is 12.1 Å². The van der Waals surface area contributed by atoms with Crippen molar-refractivity contribution in [1.29, 1.82) is 0 Å². The van der Waals surface area contributed by atoms with Crippen LogP contribution in [0.4, 0.5) is 0 Å². The zero-order valence-corrected chi connectivity index (χ0v) is 15.2. The van der Waals surface area contributed by atoms with Crippen LogP contribution >= 0.6 is 24.8 Å². The minimum Gasteiger partial charge on any atom is -0.253 e. The van der Waals surface area contributed by atoms with Crippen LogP contribution in [0.3, 0.4) is 0 Å². The Morgan fingerprint density at radius 1 is 0.739 bits per heavy atom. The van der Waals surface area contributed by atoms with E-state index in [-0.39, 0.29) is 42.2 Å². The van der Waals surface area contributed by atoms with Crippen LogP contribution < -0.4 is 0 Å². The van der Waals surface area contributed by atoms with Crippen molar-refractivity contribution in [3.63, 3.8) is 0 Å². The van der Waals surface area contributed by atoms with Gasteiger partial charge in [0.1, 0.15) is 0 Å². The Kier molecular flexibility index (Phi) is 7.19. The number of para-hydroxylation sites is 1. The normalized spacial score (nSPS) is 9.74.